The average molecular weight is 242 g/mol. The number of alkyl halides is 3. The Kier molecular flexibility index (Phi) is 2.90. The summed E-state index contributed by atoms with van der Waals surface area (Å²) in [6.45, 7) is 0. The lowest BCUT2D eigenvalue weighted by Crippen LogP contribution is -2.20. The summed E-state index contributed by atoms with van der Waals surface area (Å²) in [5.74, 6) is -3.01. The molecule has 82 valence electrons. The molecule has 2 nitrogen and oxygen atoms in total. The third-order valence-electron chi connectivity index (χ3n) is 1.60. The Morgan fingerprint density at radius 1 is 1.33 bits per heavy atom. The summed E-state index contributed by atoms with van der Waals surface area (Å²) in [6.07, 6.45) is -4.99. The lowest BCUT2D eigenvalue weighted by Gasteiger charge is -2.11. The van der Waals surface area contributed by atoms with E-state index in [4.69, 9.17) is 11.6 Å². The van der Waals surface area contributed by atoms with Crippen molar-refractivity contribution in [2.75, 3.05) is 0 Å². The molecule has 0 aliphatic rings. The number of halogens is 5. The maximum Gasteiger partial charge on any atom is 0.420 e. The van der Waals surface area contributed by atoms with Crippen LogP contribution in [-0.2, 0) is 6.18 Å². The highest BCUT2D eigenvalue weighted by Gasteiger charge is 2.38. The van der Waals surface area contributed by atoms with Crippen LogP contribution in [0, 0.1) is 5.82 Å². The Labute approximate surface area is 86.6 Å². The van der Waals surface area contributed by atoms with E-state index in [-0.39, 0.29) is 5.02 Å². The molecule has 1 aromatic rings. The van der Waals surface area contributed by atoms with Crippen molar-refractivity contribution in [3.63, 3.8) is 0 Å². The van der Waals surface area contributed by atoms with Gasteiger partial charge in [0.15, 0.2) is 0 Å². The number of nitrogens with two attached hydrogens (primary N) is 1. The molecule has 0 atom stereocenters. The number of hydrogen-bond acceptors (Lipinski definition) is 1. The number of primary amides is 1. The van der Waals surface area contributed by atoms with E-state index in [1.54, 1.807) is 0 Å². The molecule has 0 saturated carbocycles. The monoisotopic (exact) mass is 241 g/mol. The number of carbonyl (C=O) groups is 1. The highest BCUT2D eigenvalue weighted by atomic mass is 35.5. The van der Waals surface area contributed by atoms with Crippen molar-refractivity contribution < 1.29 is 22.4 Å². The number of amides is 1. The standard InChI is InChI=1S/C8H4ClF4NO/c9-3-1-4(7(14)15)6(5(10)2-3)8(11,12)13/h1-2H,(H2,14,15). The topological polar surface area (TPSA) is 43.1 Å². The minimum absolute atomic E-state index is 0.325. The van der Waals surface area contributed by atoms with Gasteiger partial charge in [0.25, 0.3) is 0 Å². The highest BCUT2D eigenvalue weighted by molar-refractivity contribution is 6.31. The highest BCUT2D eigenvalue weighted by Crippen LogP contribution is 2.35. The van der Waals surface area contributed by atoms with Crippen LogP contribution >= 0.6 is 11.6 Å². The van der Waals surface area contributed by atoms with Gasteiger partial charge in [-0.1, -0.05) is 11.6 Å². The molecule has 0 fully saturated rings. The molecule has 0 heterocycles. The van der Waals surface area contributed by atoms with Crippen LogP contribution in [0.2, 0.25) is 5.02 Å². The van der Waals surface area contributed by atoms with Gasteiger partial charge in [0.05, 0.1) is 5.56 Å². The van der Waals surface area contributed by atoms with Gasteiger partial charge < -0.3 is 5.73 Å². The molecule has 0 unspecified atom stereocenters. The van der Waals surface area contributed by atoms with Gasteiger partial charge in [-0.05, 0) is 12.1 Å². The SMILES string of the molecule is NC(=O)c1cc(Cl)cc(F)c1C(F)(F)F. The quantitative estimate of drug-likeness (QED) is 0.755. The van der Waals surface area contributed by atoms with Crippen molar-refractivity contribution in [3.05, 3.63) is 34.1 Å². The summed E-state index contributed by atoms with van der Waals surface area (Å²) in [6, 6.07) is 1.15. The first-order chi connectivity index (χ1) is 6.73. The fourth-order valence-electron chi connectivity index (χ4n) is 1.06. The number of carbonyl (C=O) groups excluding carboxylic acids is 1. The fraction of sp³-hybridized carbons (Fsp3) is 0.125. The molecule has 15 heavy (non-hydrogen) atoms. The molecule has 0 spiro atoms. The minimum Gasteiger partial charge on any atom is -0.366 e. The second kappa shape index (κ2) is 3.69. The van der Waals surface area contributed by atoms with Crippen LogP contribution in [0.25, 0.3) is 0 Å². The predicted octanol–water partition coefficient (Wildman–Crippen LogP) is 2.60. The van der Waals surface area contributed by atoms with Crippen LogP contribution in [0.5, 0.6) is 0 Å². The first-order valence-corrected chi connectivity index (χ1v) is 3.97. The fourth-order valence-corrected chi connectivity index (χ4v) is 1.26. The molecule has 1 aromatic carbocycles. The molecule has 0 aromatic heterocycles. The van der Waals surface area contributed by atoms with Crippen molar-refractivity contribution in [1.82, 2.24) is 0 Å². The van der Waals surface area contributed by atoms with Crippen LogP contribution in [0.1, 0.15) is 15.9 Å². The number of benzene rings is 1. The second-order valence-electron chi connectivity index (χ2n) is 2.67. The van der Waals surface area contributed by atoms with Crippen molar-refractivity contribution in [2.24, 2.45) is 5.73 Å². The van der Waals surface area contributed by atoms with Gasteiger partial charge in [0, 0.05) is 5.02 Å². The van der Waals surface area contributed by atoms with Gasteiger partial charge in [-0.25, -0.2) is 4.39 Å². The Bertz CT molecular complexity index is 416. The van der Waals surface area contributed by atoms with Crippen LogP contribution in [0.3, 0.4) is 0 Å². The summed E-state index contributed by atoms with van der Waals surface area (Å²) < 4.78 is 49.9. The summed E-state index contributed by atoms with van der Waals surface area (Å²) in [5, 5.41) is -0.325. The van der Waals surface area contributed by atoms with Crippen LogP contribution < -0.4 is 5.73 Å². The number of rotatable bonds is 1. The van der Waals surface area contributed by atoms with Gasteiger partial charge in [0.2, 0.25) is 5.91 Å². The van der Waals surface area contributed by atoms with E-state index < -0.39 is 29.0 Å². The van der Waals surface area contributed by atoms with Crippen LogP contribution in [0.4, 0.5) is 17.6 Å². The minimum atomic E-state index is -4.99. The lowest BCUT2D eigenvalue weighted by atomic mass is 10.1. The van der Waals surface area contributed by atoms with Gasteiger partial charge in [-0.3, -0.25) is 4.79 Å². The molecule has 0 aliphatic heterocycles. The average Bonchev–Trinajstić information content (AvgIpc) is 1.99. The van der Waals surface area contributed by atoms with E-state index in [1.807, 2.05) is 0 Å². The van der Waals surface area contributed by atoms with Gasteiger partial charge in [-0.2, -0.15) is 13.2 Å². The molecule has 1 rings (SSSR count). The molecular weight excluding hydrogens is 238 g/mol. The molecule has 0 bridgehead atoms. The molecule has 0 aliphatic carbocycles. The normalized spacial score (nSPS) is 11.5. The molecular formula is C8H4ClF4NO. The summed E-state index contributed by atoms with van der Waals surface area (Å²) >= 11 is 5.30. The third-order valence-corrected chi connectivity index (χ3v) is 1.82. The second-order valence-corrected chi connectivity index (χ2v) is 3.11. The van der Waals surface area contributed by atoms with Gasteiger partial charge >= 0.3 is 6.18 Å². The van der Waals surface area contributed by atoms with E-state index in [9.17, 15) is 22.4 Å². The summed E-state index contributed by atoms with van der Waals surface area (Å²) in [7, 11) is 0. The van der Waals surface area contributed by atoms with Crippen LogP contribution in [-0.4, -0.2) is 5.91 Å². The first kappa shape index (κ1) is 11.8. The third kappa shape index (κ3) is 2.38. The zero-order valence-electron chi connectivity index (χ0n) is 7.03. The van der Waals surface area contributed by atoms with E-state index in [0.717, 1.165) is 0 Å². The van der Waals surface area contributed by atoms with E-state index in [2.05, 4.69) is 5.73 Å². The van der Waals surface area contributed by atoms with Crippen molar-refractivity contribution >= 4 is 17.5 Å². The Hall–Kier alpha value is -1.30. The van der Waals surface area contributed by atoms with E-state index >= 15 is 0 Å². The Morgan fingerprint density at radius 2 is 1.87 bits per heavy atom. The molecule has 1 amide bonds. The summed E-state index contributed by atoms with van der Waals surface area (Å²) in [4.78, 5) is 10.7. The smallest absolute Gasteiger partial charge is 0.366 e. The molecule has 7 heteroatoms. The van der Waals surface area contributed by atoms with E-state index in [0.29, 0.717) is 12.1 Å². The summed E-state index contributed by atoms with van der Waals surface area (Å²) in [5.41, 5.74) is 2.01. The van der Waals surface area contributed by atoms with Crippen molar-refractivity contribution in [1.29, 1.82) is 0 Å². The predicted molar refractivity (Wildman–Crippen MR) is 44.9 cm³/mol. The van der Waals surface area contributed by atoms with Gasteiger partial charge in [0.1, 0.15) is 11.4 Å². The maximum absolute atomic E-state index is 13.0. The maximum atomic E-state index is 13.0. The molecule has 2 N–H and O–H groups in total. The number of hydrogen-bond donors (Lipinski definition) is 1. The zero-order valence-corrected chi connectivity index (χ0v) is 7.79. The van der Waals surface area contributed by atoms with Gasteiger partial charge in [-0.15, -0.1) is 0 Å². The first-order valence-electron chi connectivity index (χ1n) is 3.59. The van der Waals surface area contributed by atoms with Crippen LogP contribution in [0.15, 0.2) is 12.1 Å². The lowest BCUT2D eigenvalue weighted by molar-refractivity contribution is -0.140. The molecule has 0 saturated heterocycles. The van der Waals surface area contributed by atoms with Crippen molar-refractivity contribution in [3.8, 4) is 0 Å². The Morgan fingerprint density at radius 3 is 2.27 bits per heavy atom. The zero-order chi connectivity index (χ0) is 11.8. The van der Waals surface area contributed by atoms with Crippen molar-refractivity contribution in [2.45, 2.75) is 6.18 Å². The van der Waals surface area contributed by atoms with E-state index in [1.165, 1.54) is 0 Å². The largest absolute Gasteiger partial charge is 0.420 e. The Balaban J connectivity index is 3.55. The molecule has 0 radical (unpaired) electrons.